The Balaban J connectivity index is 4.12. The fourth-order valence-corrected chi connectivity index (χ4v) is 0.800. The molecular weight excluding hydrogens is 160 g/mol. The third-order valence-electron chi connectivity index (χ3n) is 2.87. The SMILES string of the molecule is CC(C)C(C)/C=C/C(C)C(C)(C)O. The van der Waals surface area contributed by atoms with Crippen LogP contribution in [0.15, 0.2) is 12.2 Å². The van der Waals surface area contributed by atoms with Crippen molar-refractivity contribution in [2.75, 3.05) is 0 Å². The van der Waals surface area contributed by atoms with Crippen LogP contribution in [-0.2, 0) is 0 Å². The lowest BCUT2D eigenvalue weighted by Crippen LogP contribution is -2.27. The molecule has 0 spiro atoms. The maximum Gasteiger partial charge on any atom is 0.0651 e. The molecule has 0 aliphatic carbocycles. The van der Waals surface area contributed by atoms with Crippen molar-refractivity contribution in [2.45, 2.75) is 47.1 Å². The first kappa shape index (κ1) is 12.7. The van der Waals surface area contributed by atoms with Crippen LogP contribution in [0.2, 0.25) is 0 Å². The van der Waals surface area contributed by atoms with Crippen LogP contribution in [0.25, 0.3) is 0 Å². The molecule has 2 unspecified atom stereocenters. The lowest BCUT2D eigenvalue weighted by atomic mass is 9.90. The number of hydrogen-bond acceptors (Lipinski definition) is 1. The summed E-state index contributed by atoms with van der Waals surface area (Å²) in [6, 6.07) is 0. The van der Waals surface area contributed by atoms with Crippen LogP contribution < -0.4 is 0 Å². The lowest BCUT2D eigenvalue weighted by molar-refractivity contribution is 0.0439. The van der Waals surface area contributed by atoms with Crippen molar-refractivity contribution in [3.63, 3.8) is 0 Å². The van der Waals surface area contributed by atoms with E-state index < -0.39 is 5.60 Å². The summed E-state index contributed by atoms with van der Waals surface area (Å²) in [7, 11) is 0. The maximum absolute atomic E-state index is 9.69. The van der Waals surface area contributed by atoms with Gasteiger partial charge in [0.2, 0.25) is 0 Å². The molecule has 1 heteroatoms. The second-order valence-electron chi connectivity index (χ2n) is 4.93. The molecule has 0 amide bonds. The Kier molecular flexibility index (Phi) is 4.69. The fourth-order valence-electron chi connectivity index (χ4n) is 0.800. The van der Waals surface area contributed by atoms with Crippen LogP contribution in [0.4, 0.5) is 0 Å². The first-order chi connectivity index (χ1) is 5.75. The van der Waals surface area contributed by atoms with Gasteiger partial charge in [0.1, 0.15) is 0 Å². The Bertz CT molecular complexity index is 162. The molecule has 1 N–H and O–H groups in total. The highest BCUT2D eigenvalue weighted by molar-refractivity contribution is 4.96. The third kappa shape index (κ3) is 5.09. The van der Waals surface area contributed by atoms with Gasteiger partial charge in [0.25, 0.3) is 0 Å². The van der Waals surface area contributed by atoms with Crippen molar-refractivity contribution in [1.82, 2.24) is 0 Å². The van der Waals surface area contributed by atoms with Gasteiger partial charge in [-0.25, -0.2) is 0 Å². The quantitative estimate of drug-likeness (QED) is 0.665. The topological polar surface area (TPSA) is 20.2 Å². The van der Waals surface area contributed by atoms with Gasteiger partial charge in [0.05, 0.1) is 5.60 Å². The van der Waals surface area contributed by atoms with E-state index in [1.165, 1.54) is 0 Å². The van der Waals surface area contributed by atoms with Gasteiger partial charge < -0.3 is 5.11 Å². The van der Waals surface area contributed by atoms with E-state index >= 15 is 0 Å². The molecule has 0 radical (unpaired) electrons. The molecule has 0 aliphatic heterocycles. The molecule has 13 heavy (non-hydrogen) atoms. The van der Waals surface area contributed by atoms with Crippen molar-refractivity contribution in [2.24, 2.45) is 17.8 Å². The zero-order chi connectivity index (χ0) is 10.6. The monoisotopic (exact) mass is 184 g/mol. The summed E-state index contributed by atoms with van der Waals surface area (Å²) in [6.45, 7) is 12.4. The Morgan fingerprint density at radius 3 is 1.77 bits per heavy atom. The van der Waals surface area contributed by atoms with Crippen LogP contribution in [0, 0.1) is 17.8 Å². The van der Waals surface area contributed by atoms with Crippen LogP contribution >= 0.6 is 0 Å². The smallest absolute Gasteiger partial charge is 0.0651 e. The van der Waals surface area contributed by atoms with E-state index in [1.807, 2.05) is 20.8 Å². The minimum Gasteiger partial charge on any atom is -0.390 e. The van der Waals surface area contributed by atoms with E-state index in [0.29, 0.717) is 11.8 Å². The Hall–Kier alpha value is -0.300. The minimum absolute atomic E-state index is 0.216. The molecule has 0 bridgehead atoms. The van der Waals surface area contributed by atoms with E-state index in [4.69, 9.17) is 0 Å². The van der Waals surface area contributed by atoms with E-state index in [2.05, 4.69) is 32.9 Å². The first-order valence-electron chi connectivity index (χ1n) is 5.16. The van der Waals surface area contributed by atoms with E-state index in [1.54, 1.807) is 0 Å². The molecule has 0 aromatic heterocycles. The molecule has 2 atom stereocenters. The van der Waals surface area contributed by atoms with Gasteiger partial charge in [0.15, 0.2) is 0 Å². The van der Waals surface area contributed by atoms with Crippen LogP contribution in [0.3, 0.4) is 0 Å². The number of rotatable bonds is 4. The molecular formula is C12H24O. The standard InChI is InChI=1S/C12H24O/c1-9(2)10(3)7-8-11(4)12(5,6)13/h7-11,13H,1-6H3/b8-7+. The van der Waals surface area contributed by atoms with Crippen LogP contribution in [-0.4, -0.2) is 10.7 Å². The van der Waals surface area contributed by atoms with Gasteiger partial charge in [-0.05, 0) is 25.7 Å². The third-order valence-corrected chi connectivity index (χ3v) is 2.87. The molecule has 0 saturated carbocycles. The highest BCUT2D eigenvalue weighted by Crippen LogP contribution is 2.19. The summed E-state index contributed by atoms with van der Waals surface area (Å²) < 4.78 is 0. The zero-order valence-electron chi connectivity index (χ0n) is 9.83. The number of allylic oxidation sites excluding steroid dienone is 1. The van der Waals surface area contributed by atoms with Gasteiger partial charge >= 0.3 is 0 Å². The van der Waals surface area contributed by atoms with Crippen molar-refractivity contribution in [1.29, 1.82) is 0 Å². The summed E-state index contributed by atoms with van der Waals surface area (Å²) in [5.74, 6) is 1.48. The Morgan fingerprint density at radius 1 is 1.00 bits per heavy atom. The molecule has 0 rings (SSSR count). The van der Waals surface area contributed by atoms with Crippen molar-refractivity contribution < 1.29 is 5.11 Å². The van der Waals surface area contributed by atoms with Gasteiger partial charge in [-0.3, -0.25) is 0 Å². The molecule has 0 aromatic carbocycles. The summed E-state index contributed by atoms with van der Waals surface area (Å²) in [5, 5.41) is 9.69. The van der Waals surface area contributed by atoms with Crippen LogP contribution in [0.5, 0.6) is 0 Å². The molecule has 0 saturated heterocycles. The molecule has 0 fully saturated rings. The normalized spacial score (nSPS) is 18.2. The van der Waals surface area contributed by atoms with Crippen LogP contribution in [0.1, 0.15) is 41.5 Å². The predicted molar refractivity (Wildman–Crippen MR) is 58.6 cm³/mol. The second kappa shape index (κ2) is 4.80. The first-order valence-corrected chi connectivity index (χ1v) is 5.16. The lowest BCUT2D eigenvalue weighted by Gasteiger charge is -2.23. The molecule has 78 valence electrons. The average Bonchev–Trinajstić information content (AvgIpc) is 1.97. The molecule has 0 heterocycles. The average molecular weight is 184 g/mol. The van der Waals surface area contributed by atoms with E-state index in [0.717, 1.165) is 0 Å². The fraction of sp³-hybridized carbons (Fsp3) is 0.833. The predicted octanol–water partition coefficient (Wildman–Crippen LogP) is 3.24. The number of aliphatic hydroxyl groups is 1. The summed E-state index contributed by atoms with van der Waals surface area (Å²) >= 11 is 0. The molecule has 1 nitrogen and oxygen atoms in total. The van der Waals surface area contributed by atoms with Gasteiger partial charge in [0, 0.05) is 5.92 Å². The van der Waals surface area contributed by atoms with Gasteiger partial charge in [-0.15, -0.1) is 0 Å². The second-order valence-corrected chi connectivity index (χ2v) is 4.93. The Morgan fingerprint density at radius 2 is 1.46 bits per heavy atom. The zero-order valence-corrected chi connectivity index (χ0v) is 9.83. The Labute approximate surface area is 82.9 Å². The molecule has 0 aromatic rings. The van der Waals surface area contributed by atoms with Gasteiger partial charge in [-0.2, -0.15) is 0 Å². The largest absolute Gasteiger partial charge is 0.390 e. The van der Waals surface area contributed by atoms with Crippen molar-refractivity contribution in [3.8, 4) is 0 Å². The summed E-state index contributed by atoms with van der Waals surface area (Å²) in [5.41, 5.74) is -0.604. The highest BCUT2D eigenvalue weighted by atomic mass is 16.3. The van der Waals surface area contributed by atoms with Gasteiger partial charge in [-0.1, -0.05) is 39.8 Å². The maximum atomic E-state index is 9.69. The van der Waals surface area contributed by atoms with Crippen molar-refractivity contribution >= 4 is 0 Å². The van der Waals surface area contributed by atoms with Crippen molar-refractivity contribution in [3.05, 3.63) is 12.2 Å². The number of hydrogen-bond donors (Lipinski definition) is 1. The minimum atomic E-state index is -0.604. The van der Waals surface area contributed by atoms with E-state index in [9.17, 15) is 5.11 Å². The summed E-state index contributed by atoms with van der Waals surface area (Å²) in [6.07, 6.45) is 4.32. The summed E-state index contributed by atoms with van der Waals surface area (Å²) in [4.78, 5) is 0. The molecule has 0 aliphatic rings. The highest BCUT2D eigenvalue weighted by Gasteiger charge is 2.19. The van der Waals surface area contributed by atoms with E-state index in [-0.39, 0.29) is 5.92 Å².